The van der Waals surface area contributed by atoms with Gasteiger partial charge in [0.1, 0.15) is 10.9 Å². The van der Waals surface area contributed by atoms with Gasteiger partial charge in [-0.25, -0.2) is 0 Å². The quantitative estimate of drug-likeness (QED) is 0.859. The lowest BCUT2D eigenvalue weighted by Gasteiger charge is -2.35. The van der Waals surface area contributed by atoms with Gasteiger partial charge in [0.2, 0.25) is 0 Å². The van der Waals surface area contributed by atoms with Gasteiger partial charge in [-0.3, -0.25) is 9.48 Å². The number of carbonyl (C=O) groups is 1. The second-order valence-corrected chi connectivity index (χ2v) is 6.70. The number of carbonyl (C=O) groups excluding carboxylic acids is 1. The summed E-state index contributed by atoms with van der Waals surface area (Å²) in [5.41, 5.74) is 1.78. The minimum absolute atomic E-state index is 0.208. The molecule has 2 aliphatic heterocycles. The maximum Gasteiger partial charge on any atom is 0.140 e. The van der Waals surface area contributed by atoms with Gasteiger partial charge in [0.15, 0.2) is 0 Å². The summed E-state index contributed by atoms with van der Waals surface area (Å²) in [7, 11) is 4.02. The minimum Gasteiger partial charge on any atom is -0.300 e. The third kappa shape index (κ3) is 2.29. The van der Waals surface area contributed by atoms with Gasteiger partial charge >= 0.3 is 0 Å². The van der Waals surface area contributed by atoms with Gasteiger partial charge in [-0.1, -0.05) is 11.6 Å². The monoisotopic (exact) mass is 295 g/mol. The van der Waals surface area contributed by atoms with E-state index >= 15 is 0 Å². The molecule has 3 heterocycles. The van der Waals surface area contributed by atoms with Crippen LogP contribution in [0.25, 0.3) is 0 Å². The van der Waals surface area contributed by atoms with Crippen molar-refractivity contribution in [1.29, 1.82) is 0 Å². The average Bonchev–Trinajstić information content (AvgIpc) is 2.76. The molecule has 0 saturated carbocycles. The molecule has 3 rings (SSSR count). The molecule has 0 spiro atoms. The first kappa shape index (κ1) is 14.1. The number of aromatic nitrogens is 2. The first-order chi connectivity index (χ1) is 9.47. The summed E-state index contributed by atoms with van der Waals surface area (Å²) >= 11 is 6.23. The normalized spacial score (nSPS) is 29.9. The van der Waals surface area contributed by atoms with E-state index in [1.807, 2.05) is 14.0 Å². The van der Waals surface area contributed by atoms with E-state index < -0.39 is 0 Å². The molecular formula is C15H22ClN3O. The number of rotatable bonds is 3. The van der Waals surface area contributed by atoms with Crippen LogP contribution >= 0.6 is 11.6 Å². The Balaban J connectivity index is 1.71. The van der Waals surface area contributed by atoms with E-state index in [0.717, 1.165) is 24.1 Å². The van der Waals surface area contributed by atoms with E-state index in [0.29, 0.717) is 29.4 Å². The number of fused-ring (bicyclic) bond motifs is 2. The van der Waals surface area contributed by atoms with Gasteiger partial charge in [-0.05, 0) is 39.7 Å². The summed E-state index contributed by atoms with van der Waals surface area (Å²) in [4.78, 5) is 15.1. The molecule has 2 atom stereocenters. The van der Waals surface area contributed by atoms with Gasteiger partial charge in [-0.2, -0.15) is 5.10 Å². The Morgan fingerprint density at radius 2 is 1.90 bits per heavy atom. The topological polar surface area (TPSA) is 38.1 Å². The Morgan fingerprint density at radius 3 is 2.40 bits per heavy atom. The maximum atomic E-state index is 12.6. The molecule has 2 fully saturated rings. The van der Waals surface area contributed by atoms with Crippen LogP contribution in [0.1, 0.15) is 36.9 Å². The number of aryl methyl sites for hydroxylation is 2. The molecule has 0 amide bonds. The van der Waals surface area contributed by atoms with Crippen molar-refractivity contribution in [2.24, 2.45) is 13.0 Å². The highest BCUT2D eigenvalue weighted by Crippen LogP contribution is 2.38. The highest BCUT2D eigenvalue weighted by atomic mass is 35.5. The van der Waals surface area contributed by atoms with E-state index in [9.17, 15) is 4.79 Å². The van der Waals surface area contributed by atoms with Crippen molar-refractivity contribution in [2.75, 3.05) is 7.05 Å². The van der Waals surface area contributed by atoms with Crippen LogP contribution in [0.3, 0.4) is 0 Å². The van der Waals surface area contributed by atoms with Crippen LogP contribution in [0.15, 0.2) is 0 Å². The number of piperidine rings is 1. The molecule has 0 radical (unpaired) electrons. The van der Waals surface area contributed by atoms with Crippen LogP contribution in [0.5, 0.6) is 0 Å². The van der Waals surface area contributed by atoms with Crippen LogP contribution < -0.4 is 0 Å². The summed E-state index contributed by atoms with van der Waals surface area (Å²) in [6.45, 7) is 1.92. The molecule has 2 unspecified atom stereocenters. The number of halogens is 1. The number of ketones is 1. The Labute approximate surface area is 125 Å². The molecule has 4 nitrogen and oxygen atoms in total. The third-order valence-corrected chi connectivity index (χ3v) is 5.65. The predicted octanol–water partition coefficient (Wildman–Crippen LogP) is 2.37. The van der Waals surface area contributed by atoms with E-state index in [1.165, 1.54) is 12.8 Å². The zero-order chi connectivity index (χ0) is 14.4. The van der Waals surface area contributed by atoms with Crippen molar-refractivity contribution in [3.63, 3.8) is 0 Å². The van der Waals surface area contributed by atoms with E-state index in [1.54, 1.807) is 4.68 Å². The summed E-state index contributed by atoms with van der Waals surface area (Å²) in [5.74, 6) is 0.548. The molecule has 1 aromatic rings. The number of nitrogens with zero attached hydrogens (tertiary/aromatic N) is 3. The molecule has 110 valence electrons. The van der Waals surface area contributed by atoms with Crippen LogP contribution in [-0.4, -0.2) is 39.6 Å². The zero-order valence-electron chi connectivity index (χ0n) is 12.4. The Kier molecular flexibility index (Phi) is 3.63. The summed E-state index contributed by atoms with van der Waals surface area (Å²) in [6.07, 6.45) is 4.97. The summed E-state index contributed by atoms with van der Waals surface area (Å²) < 4.78 is 1.65. The van der Waals surface area contributed by atoms with Gasteiger partial charge in [-0.15, -0.1) is 0 Å². The summed E-state index contributed by atoms with van der Waals surface area (Å²) in [5, 5.41) is 4.89. The zero-order valence-corrected chi connectivity index (χ0v) is 13.2. The van der Waals surface area contributed by atoms with Crippen LogP contribution in [0.2, 0.25) is 5.15 Å². The Bertz CT molecular complexity index is 525. The van der Waals surface area contributed by atoms with E-state index in [2.05, 4.69) is 17.0 Å². The molecule has 5 heteroatoms. The lowest BCUT2D eigenvalue weighted by Crippen LogP contribution is -2.42. The molecule has 2 saturated heterocycles. The first-order valence-corrected chi connectivity index (χ1v) is 7.77. The highest BCUT2D eigenvalue weighted by Gasteiger charge is 2.40. The van der Waals surface area contributed by atoms with Crippen molar-refractivity contribution in [1.82, 2.24) is 14.7 Å². The molecule has 0 aliphatic carbocycles. The molecule has 2 bridgehead atoms. The SMILES string of the molecule is Cc1nn(C)c(Cl)c1CC(=O)C1CC2CCC(C1)N2C. The second kappa shape index (κ2) is 5.15. The molecule has 0 N–H and O–H groups in total. The highest BCUT2D eigenvalue weighted by molar-refractivity contribution is 6.30. The fourth-order valence-electron chi connectivity index (χ4n) is 3.87. The molecule has 2 aliphatic rings. The Morgan fingerprint density at radius 1 is 1.30 bits per heavy atom. The van der Waals surface area contributed by atoms with Gasteiger partial charge in [0, 0.05) is 37.0 Å². The number of Topliss-reactive ketones (excluding diaryl/α,β-unsaturated/α-hetero) is 1. The molecule has 1 aromatic heterocycles. The third-order valence-electron chi connectivity index (χ3n) is 5.17. The molecular weight excluding hydrogens is 274 g/mol. The average molecular weight is 296 g/mol. The fraction of sp³-hybridized carbons (Fsp3) is 0.733. The molecule has 20 heavy (non-hydrogen) atoms. The van der Waals surface area contributed by atoms with Crippen molar-refractivity contribution in [3.8, 4) is 0 Å². The number of hydrogen-bond donors (Lipinski definition) is 0. The predicted molar refractivity (Wildman–Crippen MR) is 79.0 cm³/mol. The van der Waals surface area contributed by atoms with Crippen LogP contribution in [0, 0.1) is 12.8 Å². The number of hydrogen-bond acceptors (Lipinski definition) is 3. The molecule has 0 aromatic carbocycles. The van der Waals surface area contributed by atoms with Gasteiger partial charge in [0.25, 0.3) is 0 Å². The first-order valence-electron chi connectivity index (χ1n) is 7.40. The smallest absolute Gasteiger partial charge is 0.140 e. The van der Waals surface area contributed by atoms with Crippen molar-refractivity contribution in [3.05, 3.63) is 16.4 Å². The lowest BCUT2D eigenvalue weighted by atomic mass is 9.85. The summed E-state index contributed by atoms with van der Waals surface area (Å²) in [6, 6.07) is 1.21. The van der Waals surface area contributed by atoms with Gasteiger partial charge < -0.3 is 4.90 Å². The van der Waals surface area contributed by atoms with Crippen LogP contribution in [-0.2, 0) is 18.3 Å². The van der Waals surface area contributed by atoms with Crippen molar-refractivity contribution in [2.45, 2.75) is 51.1 Å². The van der Waals surface area contributed by atoms with Gasteiger partial charge in [0.05, 0.1) is 5.69 Å². The lowest BCUT2D eigenvalue weighted by molar-refractivity contribution is -0.124. The van der Waals surface area contributed by atoms with Crippen molar-refractivity contribution < 1.29 is 4.79 Å². The minimum atomic E-state index is 0.208. The van der Waals surface area contributed by atoms with Crippen molar-refractivity contribution >= 4 is 17.4 Å². The Hall–Kier alpha value is -0.870. The van der Waals surface area contributed by atoms with E-state index in [-0.39, 0.29) is 5.92 Å². The van der Waals surface area contributed by atoms with Crippen LogP contribution in [0.4, 0.5) is 0 Å². The largest absolute Gasteiger partial charge is 0.300 e. The second-order valence-electron chi connectivity index (χ2n) is 6.34. The van der Waals surface area contributed by atoms with E-state index in [4.69, 9.17) is 11.6 Å². The fourth-order valence-corrected chi connectivity index (χ4v) is 4.11. The maximum absolute atomic E-state index is 12.6. The standard InChI is InChI=1S/C15H22ClN3O/c1-9-13(15(16)19(3)17-9)8-14(20)10-6-11-4-5-12(7-10)18(11)2/h10-12H,4-8H2,1-3H3.